The minimum absolute atomic E-state index is 0.282. The lowest BCUT2D eigenvalue weighted by molar-refractivity contribution is -0.145. The van der Waals surface area contributed by atoms with Crippen LogP contribution in [0.4, 0.5) is 14.0 Å². The van der Waals surface area contributed by atoms with Crippen LogP contribution in [0.2, 0.25) is 0 Å². The van der Waals surface area contributed by atoms with Gasteiger partial charge in [0.05, 0.1) is 6.04 Å². The molecule has 0 aliphatic rings. The molecule has 2 rings (SSSR count). The van der Waals surface area contributed by atoms with Crippen molar-refractivity contribution in [1.82, 2.24) is 5.06 Å². The number of hydroxylamine groups is 2. The second-order valence-corrected chi connectivity index (χ2v) is 9.59. The third kappa shape index (κ3) is 8.96. The van der Waals surface area contributed by atoms with Crippen molar-refractivity contribution >= 4 is 18.3 Å². The number of hydrogen-bond acceptors (Lipinski definition) is 5. The molecule has 0 N–H and O–H groups in total. The van der Waals surface area contributed by atoms with E-state index in [4.69, 9.17) is 14.3 Å². The molecular formula is C26H32FNO5. The summed E-state index contributed by atoms with van der Waals surface area (Å²) >= 11 is 0. The van der Waals surface area contributed by atoms with E-state index in [1.165, 1.54) is 12.1 Å². The maximum absolute atomic E-state index is 13.1. The average molecular weight is 458 g/mol. The highest BCUT2D eigenvalue weighted by atomic mass is 19.1. The molecular weight excluding hydrogens is 425 g/mol. The number of rotatable bonds is 4. The Balaban J connectivity index is 2.15. The normalized spacial score (nSPS) is 12.8. The van der Waals surface area contributed by atoms with Crippen molar-refractivity contribution in [1.29, 1.82) is 0 Å². The number of halogens is 1. The van der Waals surface area contributed by atoms with Crippen molar-refractivity contribution in [3.63, 3.8) is 0 Å². The Bertz CT molecular complexity index is 970. The molecule has 0 radical (unpaired) electrons. The first-order valence-electron chi connectivity index (χ1n) is 10.7. The molecule has 0 fully saturated rings. The third-order valence-corrected chi connectivity index (χ3v) is 4.16. The predicted molar refractivity (Wildman–Crippen MR) is 126 cm³/mol. The standard InChI is InChI=1S/C26H32FNO5/c1-18(28(23(29)31-25(2,3)4)33-24(30)32-26(5,6)7)8-9-19-10-12-20(13-11-19)21-14-16-22(27)17-15-21/h8-18H,1-7H3/b9-8+/t18-/m0/s1. The van der Waals surface area contributed by atoms with Gasteiger partial charge in [-0.05, 0) is 77.3 Å². The molecule has 6 nitrogen and oxygen atoms in total. The van der Waals surface area contributed by atoms with Crippen molar-refractivity contribution in [2.75, 3.05) is 0 Å². The molecule has 0 aliphatic carbocycles. The molecule has 1 atom stereocenters. The van der Waals surface area contributed by atoms with Gasteiger partial charge in [-0.15, -0.1) is 5.06 Å². The van der Waals surface area contributed by atoms with Crippen LogP contribution < -0.4 is 0 Å². The zero-order valence-electron chi connectivity index (χ0n) is 20.2. The summed E-state index contributed by atoms with van der Waals surface area (Å²) in [6.45, 7) is 12.0. The van der Waals surface area contributed by atoms with Gasteiger partial charge in [-0.2, -0.15) is 0 Å². The van der Waals surface area contributed by atoms with Gasteiger partial charge in [0.15, 0.2) is 0 Å². The van der Waals surface area contributed by atoms with Gasteiger partial charge in [0.2, 0.25) is 0 Å². The van der Waals surface area contributed by atoms with Gasteiger partial charge in [-0.25, -0.2) is 14.0 Å². The minimum atomic E-state index is -1.00. The van der Waals surface area contributed by atoms with E-state index in [0.29, 0.717) is 0 Å². The molecule has 0 heterocycles. The maximum atomic E-state index is 13.1. The quantitative estimate of drug-likeness (QED) is 0.365. The molecule has 33 heavy (non-hydrogen) atoms. The number of amides is 1. The van der Waals surface area contributed by atoms with Gasteiger partial charge in [0.1, 0.15) is 17.0 Å². The van der Waals surface area contributed by atoms with E-state index in [-0.39, 0.29) is 5.82 Å². The van der Waals surface area contributed by atoms with Gasteiger partial charge < -0.3 is 9.47 Å². The topological polar surface area (TPSA) is 65.1 Å². The molecule has 0 aliphatic heterocycles. The number of carbonyl (C=O) groups excluding carboxylic acids is 2. The molecule has 2 aromatic carbocycles. The van der Waals surface area contributed by atoms with Crippen molar-refractivity contribution in [2.45, 2.75) is 65.7 Å². The van der Waals surface area contributed by atoms with Crippen LogP contribution in [-0.2, 0) is 14.3 Å². The highest BCUT2D eigenvalue weighted by Crippen LogP contribution is 2.21. The maximum Gasteiger partial charge on any atom is 0.534 e. The zero-order valence-corrected chi connectivity index (χ0v) is 20.2. The number of carbonyl (C=O) groups is 2. The molecule has 0 bridgehead atoms. The van der Waals surface area contributed by atoms with Crippen LogP contribution in [0.25, 0.3) is 17.2 Å². The summed E-state index contributed by atoms with van der Waals surface area (Å²) in [4.78, 5) is 30.0. The molecule has 0 saturated carbocycles. The summed E-state index contributed by atoms with van der Waals surface area (Å²) in [6.07, 6.45) is 1.70. The first kappa shape index (κ1) is 25.9. The van der Waals surface area contributed by atoms with Crippen LogP contribution in [0.15, 0.2) is 54.6 Å². The summed E-state index contributed by atoms with van der Waals surface area (Å²) in [5.41, 5.74) is 1.17. The summed E-state index contributed by atoms with van der Waals surface area (Å²) in [6, 6.07) is 13.3. The fourth-order valence-corrected chi connectivity index (χ4v) is 2.70. The number of ether oxygens (including phenoxy) is 2. The van der Waals surface area contributed by atoms with Gasteiger partial charge in [-0.3, -0.25) is 4.84 Å². The number of nitrogens with zero attached hydrogens (tertiary/aromatic N) is 1. The van der Waals surface area contributed by atoms with Crippen LogP contribution in [0.1, 0.15) is 54.0 Å². The minimum Gasteiger partial charge on any atom is -0.442 e. The molecule has 2 aromatic rings. The Morgan fingerprint density at radius 2 is 1.33 bits per heavy atom. The lowest BCUT2D eigenvalue weighted by Gasteiger charge is -2.29. The Hall–Kier alpha value is -3.35. The summed E-state index contributed by atoms with van der Waals surface area (Å²) in [5.74, 6) is -0.282. The van der Waals surface area contributed by atoms with Gasteiger partial charge in [-0.1, -0.05) is 48.6 Å². The lowest BCUT2D eigenvalue weighted by atomic mass is 10.0. The second kappa shape index (κ2) is 10.5. The first-order valence-corrected chi connectivity index (χ1v) is 10.7. The monoisotopic (exact) mass is 457 g/mol. The summed E-state index contributed by atoms with van der Waals surface area (Å²) < 4.78 is 23.7. The molecule has 178 valence electrons. The zero-order chi connectivity index (χ0) is 24.8. The predicted octanol–water partition coefficient (Wildman–Crippen LogP) is 7.00. The van der Waals surface area contributed by atoms with Crippen LogP contribution in [0.3, 0.4) is 0 Å². The van der Waals surface area contributed by atoms with Gasteiger partial charge in [0, 0.05) is 0 Å². The van der Waals surface area contributed by atoms with Crippen LogP contribution in [-0.4, -0.2) is 34.6 Å². The van der Waals surface area contributed by atoms with Gasteiger partial charge >= 0.3 is 12.2 Å². The van der Waals surface area contributed by atoms with E-state index < -0.39 is 29.5 Å². The van der Waals surface area contributed by atoms with Crippen LogP contribution in [0, 0.1) is 5.82 Å². The Kier molecular flexibility index (Phi) is 8.25. The van der Waals surface area contributed by atoms with Gasteiger partial charge in [0.25, 0.3) is 0 Å². The lowest BCUT2D eigenvalue weighted by Crippen LogP contribution is -2.43. The molecule has 7 heteroatoms. The SMILES string of the molecule is C[C@@H](/C=C/c1ccc(-c2ccc(F)cc2)cc1)N(OC(=O)OC(C)(C)C)C(=O)OC(C)(C)C. The van der Waals surface area contributed by atoms with Crippen molar-refractivity contribution in [2.24, 2.45) is 0 Å². The van der Waals surface area contributed by atoms with E-state index >= 15 is 0 Å². The molecule has 0 unspecified atom stereocenters. The van der Waals surface area contributed by atoms with Crippen molar-refractivity contribution in [3.05, 3.63) is 66.0 Å². The fraction of sp³-hybridized carbons (Fsp3) is 0.385. The average Bonchev–Trinajstić information content (AvgIpc) is 2.68. The Morgan fingerprint density at radius 3 is 1.82 bits per heavy atom. The molecule has 0 spiro atoms. The highest BCUT2D eigenvalue weighted by molar-refractivity contribution is 5.71. The summed E-state index contributed by atoms with van der Waals surface area (Å²) in [5, 5.41) is 0.850. The Labute approximate surface area is 194 Å². The molecule has 1 amide bonds. The summed E-state index contributed by atoms with van der Waals surface area (Å²) in [7, 11) is 0. The van der Waals surface area contributed by atoms with Crippen molar-refractivity contribution < 1.29 is 28.3 Å². The highest BCUT2D eigenvalue weighted by Gasteiger charge is 2.30. The van der Waals surface area contributed by atoms with E-state index in [9.17, 15) is 14.0 Å². The van der Waals surface area contributed by atoms with E-state index in [1.54, 1.807) is 72.8 Å². The Morgan fingerprint density at radius 1 is 0.848 bits per heavy atom. The number of hydrogen-bond donors (Lipinski definition) is 0. The first-order chi connectivity index (χ1) is 15.2. The molecule has 0 saturated heterocycles. The van der Waals surface area contributed by atoms with Crippen molar-refractivity contribution in [3.8, 4) is 11.1 Å². The fourth-order valence-electron chi connectivity index (χ4n) is 2.70. The van der Waals surface area contributed by atoms with E-state index in [0.717, 1.165) is 21.8 Å². The second-order valence-electron chi connectivity index (χ2n) is 9.59. The smallest absolute Gasteiger partial charge is 0.442 e. The van der Waals surface area contributed by atoms with E-state index in [2.05, 4.69) is 0 Å². The number of benzene rings is 2. The van der Waals surface area contributed by atoms with Crippen LogP contribution >= 0.6 is 0 Å². The van der Waals surface area contributed by atoms with E-state index in [1.807, 2.05) is 24.3 Å². The van der Waals surface area contributed by atoms with Crippen LogP contribution in [0.5, 0.6) is 0 Å². The molecule has 0 aromatic heterocycles. The largest absolute Gasteiger partial charge is 0.534 e. The third-order valence-electron chi connectivity index (χ3n) is 4.16.